The van der Waals surface area contributed by atoms with Crippen LogP contribution >= 0.6 is 24.0 Å². The molecule has 7 nitrogen and oxygen atoms in total. The number of ether oxygens (including phenoxy) is 2. The molecule has 2 heterocycles. The van der Waals surface area contributed by atoms with Crippen molar-refractivity contribution in [3.05, 3.63) is 65.5 Å². The predicted octanol–water partition coefficient (Wildman–Crippen LogP) is 4.95. The van der Waals surface area contributed by atoms with E-state index < -0.39 is 5.82 Å². The number of halogens is 3. The Labute approximate surface area is 189 Å². The lowest BCUT2D eigenvalue weighted by atomic mass is 10.2. The molecule has 1 N–H and O–H groups in total. The third kappa shape index (κ3) is 5.15. The fraction of sp³-hybridized carbons (Fsp3) is 0.190. The molecule has 2 aromatic heterocycles. The molecule has 0 aliphatic rings. The topological polar surface area (TPSA) is 74.1 Å². The molecule has 0 saturated heterocycles. The van der Waals surface area contributed by atoms with Gasteiger partial charge in [-0.15, -0.1) is 12.4 Å². The number of anilines is 2. The molecule has 4 rings (SSSR count). The fourth-order valence-electron chi connectivity index (χ4n) is 2.98. The van der Waals surface area contributed by atoms with Crippen molar-refractivity contribution in [2.24, 2.45) is 7.05 Å². The second kappa shape index (κ2) is 9.80. The molecule has 31 heavy (non-hydrogen) atoms. The highest BCUT2D eigenvalue weighted by atomic mass is 35.5. The molecule has 0 aliphatic carbocycles. The Morgan fingerprint density at radius 1 is 1.16 bits per heavy atom. The summed E-state index contributed by atoms with van der Waals surface area (Å²) in [5.74, 6) is 1.53. The van der Waals surface area contributed by atoms with Crippen molar-refractivity contribution < 1.29 is 13.9 Å². The lowest BCUT2D eigenvalue weighted by Crippen LogP contribution is -2.06. The lowest BCUT2D eigenvalue weighted by Gasteiger charge is -2.12. The Balaban J connectivity index is 0.00000272. The molecular weight excluding hydrogens is 444 g/mol. The Hall–Kier alpha value is -3.10. The van der Waals surface area contributed by atoms with Gasteiger partial charge < -0.3 is 19.4 Å². The number of rotatable bonds is 7. The minimum absolute atomic E-state index is 0. The van der Waals surface area contributed by atoms with Crippen LogP contribution < -0.4 is 14.8 Å². The van der Waals surface area contributed by atoms with E-state index in [9.17, 15) is 4.39 Å². The van der Waals surface area contributed by atoms with Crippen LogP contribution in [0, 0.1) is 5.82 Å². The van der Waals surface area contributed by atoms with Gasteiger partial charge in [0.1, 0.15) is 23.2 Å². The van der Waals surface area contributed by atoms with Crippen LogP contribution in [0.1, 0.15) is 5.82 Å². The van der Waals surface area contributed by atoms with E-state index in [0.29, 0.717) is 40.5 Å². The van der Waals surface area contributed by atoms with Gasteiger partial charge in [-0.25, -0.2) is 9.37 Å². The van der Waals surface area contributed by atoms with Gasteiger partial charge in [0.25, 0.3) is 0 Å². The van der Waals surface area contributed by atoms with E-state index in [4.69, 9.17) is 21.1 Å². The summed E-state index contributed by atoms with van der Waals surface area (Å²) < 4.78 is 27.2. The number of nitrogens with one attached hydrogen (secondary N) is 1. The maximum Gasteiger partial charge on any atom is 0.318 e. The van der Waals surface area contributed by atoms with Gasteiger partial charge in [0, 0.05) is 42.3 Å². The third-order valence-electron chi connectivity index (χ3n) is 4.53. The fourth-order valence-corrected chi connectivity index (χ4v) is 3.14. The standard InChI is InChI=1S/C21H19ClFN5O2.ClH/c1-28-9-8-24-19(28)7-10-30-14-4-5-15-18(12-14)26-21(29-2)27-20(15)25-17-6-3-13(22)11-16(17)23;/h3-6,8-9,11-12H,7,10H2,1-2H3,(H,25,26,27);1H. The first-order valence-corrected chi connectivity index (χ1v) is 9.58. The average Bonchev–Trinajstić information content (AvgIpc) is 3.14. The van der Waals surface area contributed by atoms with Crippen molar-refractivity contribution in [1.82, 2.24) is 19.5 Å². The quantitative estimate of drug-likeness (QED) is 0.417. The summed E-state index contributed by atoms with van der Waals surface area (Å²) in [6, 6.07) is 9.97. The zero-order chi connectivity index (χ0) is 21.1. The van der Waals surface area contributed by atoms with E-state index in [0.717, 1.165) is 5.82 Å². The number of nitrogens with zero attached hydrogens (tertiary/aromatic N) is 4. The number of fused-ring (bicyclic) bond motifs is 1. The van der Waals surface area contributed by atoms with Gasteiger partial charge in [0.2, 0.25) is 0 Å². The van der Waals surface area contributed by atoms with Gasteiger partial charge in [-0.1, -0.05) is 11.6 Å². The summed E-state index contributed by atoms with van der Waals surface area (Å²) in [6.07, 6.45) is 4.33. The Kier molecular flexibility index (Phi) is 7.14. The normalized spacial score (nSPS) is 10.6. The third-order valence-corrected chi connectivity index (χ3v) is 4.77. The van der Waals surface area contributed by atoms with Crippen molar-refractivity contribution in [1.29, 1.82) is 0 Å². The van der Waals surface area contributed by atoms with Crippen LogP contribution in [-0.4, -0.2) is 33.2 Å². The summed E-state index contributed by atoms with van der Waals surface area (Å²) in [5, 5.41) is 4.00. The highest BCUT2D eigenvalue weighted by molar-refractivity contribution is 6.30. The van der Waals surface area contributed by atoms with Crippen molar-refractivity contribution in [3.8, 4) is 11.8 Å². The summed E-state index contributed by atoms with van der Waals surface area (Å²) in [4.78, 5) is 13.0. The van der Waals surface area contributed by atoms with Crippen molar-refractivity contribution >= 4 is 46.4 Å². The average molecular weight is 464 g/mol. The van der Waals surface area contributed by atoms with Crippen LogP contribution in [0.25, 0.3) is 10.9 Å². The number of methoxy groups -OCH3 is 1. The predicted molar refractivity (Wildman–Crippen MR) is 120 cm³/mol. The minimum Gasteiger partial charge on any atom is -0.493 e. The molecule has 0 spiro atoms. The van der Waals surface area contributed by atoms with Gasteiger partial charge in [-0.3, -0.25) is 0 Å². The maximum atomic E-state index is 14.2. The van der Waals surface area contributed by atoms with Crippen LogP contribution in [0.4, 0.5) is 15.9 Å². The molecule has 162 valence electrons. The number of hydrogen-bond donors (Lipinski definition) is 1. The summed E-state index contributed by atoms with van der Waals surface area (Å²) >= 11 is 5.83. The smallest absolute Gasteiger partial charge is 0.318 e. The lowest BCUT2D eigenvalue weighted by molar-refractivity contribution is 0.318. The molecule has 0 aliphatic heterocycles. The summed E-state index contributed by atoms with van der Waals surface area (Å²) in [7, 11) is 3.42. The van der Waals surface area contributed by atoms with E-state index in [2.05, 4.69) is 20.3 Å². The van der Waals surface area contributed by atoms with Gasteiger partial charge in [-0.2, -0.15) is 9.97 Å². The van der Waals surface area contributed by atoms with Gasteiger partial charge >= 0.3 is 6.01 Å². The maximum absolute atomic E-state index is 14.2. The second-order valence-corrected chi connectivity index (χ2v) is 6.98. The van der Waals surface area contributed by atoms with E-state index in [1.54, 1.807) is 24.4 Å². The molecule has 10 heteroatoms. The Morgan fingerprint density at radius 3 is 2.71 bits per heavy atom. The molecule has 0 atom stereocenters. The van der Waals surface area contributed by atoms with Crippen molar-refractivity contribution in [2.75, 3.05) is 19.0 Å². The SMILES string of the molecule is COc1nc(Nc2ccc(Cl)cc2F)c2ccc(OCCc3nccn3C)cc2n1.Cl. The van der Waals surface area contributed by atoms with Gasteiger partial charge in [0.15, 0.2) is 0 Å². The van der Waals surface area contributed by atoms with E-state index in [1.165, 1.54) is 13.2 Å². The monoisotopic (exact) mass is 463 g/mol. The van der Waals surface area contributed by atoms with Crippen molar-refractivity contribution in [2.45, 2.75) is 6.42 Å². The summed E-state index contributed by atoms with van der Waals surface area (Å²) in [6.45, 7) is 0.472. The Bertz CT molecular complexity index is 1200. The molecule has 0 fully saturated rings. The number of imidazole rings is 1. The molecule has 0 saturated carbocycles. The highest BCUT2D eigenvalue weighted by Gasteiger charge is 2.12. The van der Waals surface area contributed by atoms with Crippen LogP contribution in [0.2, 0.25) is 5.02 Å². The number of benzene rings is 2. The first-order chi connectivity index (χ1) is 14.5. The van der Waals surface area contributed by atoms with Crippen LogP contribution in [0.3, 0.4) is 0 Å². The minimum atomic E-state index is -0.484. The first kappa shape index (κ1) is 22.6. The largest absolute Gasteiger partial charge is 0.493 e. The zero-order valence-electron chi connectivity index (χ0n) is 16.8. The number of aryl methyl sites for hydroxylation is 1. The molecule has 0 radical (unpaired) electrons. The molecule has 2 aromatic carbocycles. The highest BCUT2D eigenvalue weighted by Crippen LogP contribution is 2.30. The van der Waals surface area contributed by atoms with Crippen molar-refractivity contribution in [3.63, 3.8) is 0 Å². The van der Waals surface area contributed by atoms with E-state index in [1.807, 2.05) is 29.9 Å². The first-order valence-electron chi connectivity index (χ1n) is 9.20. The van der Waals surface area contributed by atoms with Gasteiger partial charge in [0.05, 0.1) is 24.9 Å². The van der Waals surface area contributed by atoms with Crippen LogP contribution in [0.5, 0.6) is 11.8 Å². The second-order valence-electron chi connectivity index (χ2n) is 6.54. The molecule has 0 unspecified atom stereocenters. The van der Waals surface area contributed by atoms with Crippen LogP contribution in [-0.2, 0) is 13.5 Å². The molecule has 0 amide bonds. The van der Waals surface area contributed by atoms with Gasteiger partial charge in [-0.05, 0) is 30.3 Å². The molecule has 0 bridgehead atoms. The van der Waals surface area contributed by atoms with E-state index >= 15 is 0 Å². The Morgan fingerprint density at radius 2 is 2.00 bits per heavy atom. The van der Waals surface area contributed by atoms with E-state index in [-0.39, 0.29) is 24.1 Å². The zero-order valence-corrected chi connectivity index (χ0v) is 18.4. The number of aromatic nitrogens is 4. The molecule has 4 aromatic rings. The summed E-state index contributed by atoms with van der Waals surface area (Å²) in [5.41, 5.74) is 0.852. The number of hydrogen-bond acceptors (Lipinski definition) is 6. The van der Waals surface area contributed by atoms with Crippen LogP contribution in [0.15, 0.2) is 48.8 Å². The molecular formula is C21H20Cl2FN5O2.